The first-order valence-electron chi connectivity index (χ1n) is 6.75. The number of aromatic nitrogens is 1. The number of nitrogens with one attached hydrogen (secondary N) is 2. The van der Waals surface area contributed by atoms with E-state index in [1.165, 1.54) is 12.3 Å². The predicted molar refractivity (Wildman–Crippen MR) is 74.2 cm³/mol. The average Bonchev–Trinajstić information content (AvgIpc) is 2.98. The van der Waals surface area contributed by atoms with E-state index in [9.17, 15) is 14.4 Å². The van der Waals surface area contributed by atoms with Crippen molar-refractivity contribution in [2.24, 2.45) is 0 Å². The smallest absolute Gasteiger partial charge is 0.261 e. The summed E-state index contributed by atoms with van der Waals surface area (Å²) < 4.78 is 5.10. The third kappa shape index (κ3) is 2.65. The van der Waals surface area contributed by atoms with E-state index in [0.717, 1.165) is 6.42 Å². The molecule has 2 heterocycles. The van der Waals surface area contributed by atoms with Crippen LogP contribution in [0.1, 0.15) is 45.0 Å². The van der Waals surface area contributed by atoms with Gasteiger partial charge in [0.25, 0.3) is 11.5 Å². The minimum absolute atomic E-state index is 0.0346. The van der Waals surface area contributed by atoms with Gasteiger partial charge in [-0.15, -0.1) is 0 Å². The number of fused-ring (bicyclic) bond motifs is 1. The fourth-order valence-electron chi connectivity index (χ4n) is 2.42. The molecule has 6 nitrogen and oxygen atoms in total. The van der Waals surface area contributed by atoms with Crippen molar-refractivity contribution in [1.29, 1.82) is 0 Å². The summed E-state index contributed by atoms with van der Waals surface area (Å²) in [6.07, 6.45) is 3.34. The second-order valence-corrected chi connectivity index (χ2v) is 4.94. The van der Waals surface area contributed by atoms with Crippen molar-refractivity contribution in [3.8, 4) is 0 Å². The normalized spacial score (nSPS) is 13.8. The first kappa shape index (κ1) is 13.4. The molecule has 3 rings (SSSR count). The Bertz CT molecular complexity index is 744. The van der Waals surface area contributed by atoms with Gasteiger partial charge in [0.05, 0.1) is 12.8 Å². The predicted octanol–water partition coefficient (Wildman–Crippen LogP) is 1.42. The number of carbonyl (C=O) groups excluding carboxylic acids is 2. The fourth-order valence-corrected chi connectivity index (χ4v) is 2.42. The van der Waals surface area contributed by atoms with E-state index < -0.39 is 11.5 Å². The van der Waals surface area contributed by atoms with Crippen molar-refractivity contribution >= 4 is 11.7 Å². The standard InChI is InChI=1S/C15H14N2O4/c18-13-5-1-4-12-10(13)7-11(15(20)17-12)14(19)16-8-9-3-2-6-21-9/h2-3,6-7H,1,4-5,8H2,(H,16,19)(H,17,20). The second kappa shape index (κ2) is 5.40. The van der Waals surface area contributed by atoms with Gasteiger partial charge in [-0.2, -0.15) is 0 Å². The van der Waals surface area contributed by atoms with Crippen molar-refractivity contribution in [2.45, 2.75) is 25.8 Å². The highest BCUT2D eigenvalue weighted by Crippen LogP contribution is 2.18. The van der Waals surface area contributed by atoms with Crippen molar-refractivity contribution < 1.29 is 14.0 Å². The third-order valence-corrected chi connectivity index (χ3v) is 3.50. The molecule has 0 bridgehead atoms. The summed E-state index contributed by atoms with van der Waals surface area (Å²) in [5.41, 5.74) is 0.554. The van der Waals surface area contributed by atoms with Crippen LogP contribution in [-0.4, -0.2) is 16.7 Å². The number of ketones is 1. The highest BCUT2D eigenvalue weighted by Gasteiger charge is 2.21. The van der Waals surface area contributed by atoms with Gasteiger partial charge in [0.15, 0.2) is 5.78 Å². The molecule has 0 radical (unpaired) electrons. The molecule has 0 fully saturated rings. The number of aromatic amines is 1. The van der Waals surface area contributed by atoms with Gasteiger partial charge in [0.1, 0.15) is 11.3 Å². The summed E-state index contributed by atoms with van der Waals surface area (Å²) in [4.78, 5) is 38.5. The Balaban J connectivity index is 1.84. The molecular weight excluding hydrogens is 272 g/mol. The lowest BCUT2D eigenvalue weighted by atomic mass is 9.93. The monoisotopic (exact) mass is 286 g/mol. The Morgan fingerprint density at radius 1 is 1.33 bits per heavy atom. The van der Waals surface area contributed by atoms with E-state index in [2.05, 4.69) is 10.3 Å². The van der Waals surface area contributed by atoms with Gasteiger partial charge >= 0.3 is 0 Å². The zero-order chi connectivity index (χ0) is 14.8. The van der Waals surface area contributed by atoms with Gasteiger partial charge in [0.2, 0.25) is 0 Å². The minimum Gasteiger partial charge on any atom is -0.467 e. The molecule has 2 aromatic heterocycles. The average molecular weight is 286 g/mol. The van der Waals surface area contributed by atoms with Crippen LogP contribution in [0.4, 0.5) is 0 Å². The number of furan rings is 1. The Kier molecular flexibility index (Phi) is 3.43. The summed E-state index contributed by atoms with van der Waals surface area (Å²) in [5, 5.41) is 2.60. The van der Waals surface area contributed by atoms with Crippen LogP contribution in [0, 0.1) is 0 Å². The molecule has 0 aromatic carbocycles. The van der Waals surface area contributed by atoms with E-state index in [0.29, 0.717) is 29.9 Å². The number of hydrogen-bond donors (Lipinski definition) is 2. The largest absolute Gasteiger partial charge is 0.467 e. The first-order valence-corrected chi connectivity index (χ1v) is 6.75. The van der Waals surface area contributed by atoms with Crippen LogP contribution in [0.25, 0.3) is 0 Å². The zero-order valence-electron chi connectivity index (χ0n) is 11.3. The number of hydrogen-bond acceptors (Lipinski definition) is 4. The Labute approximate surface area is 120 Å². The Hall–Kier alpha value is -2.63. The van der Waals surface area contributed by atoms with E-state index in [1.807, 2.05) is 0 Å². The molecule has 6 heteroatoms. The van der Waals surface area contributed by atoms with E-state index >= 15 is 0 Å². The van der Waals surface area contributed by atoms with E-state index in [1.54, 1.807) is 12.1 Å². The molecule has 0 aliphatic heterocycles. The maximum atomic E-state index is 12.1. The lowest BCUT2D eigenvalue weighted by molar-refractivity contribution is 0.0946. The molecule has 1 aliphatic rings. The molecule has 0 saturated carbocycles. The molecule has 0 unspecified atom stereocenters. The third-order valence-electron chi connectivity index (χ3n) is 3.50. The molecule has 0 saturated heterocycles. The van der Waals surface area contributed by atoms with Crippen LogP contribution in [0.5, 0.6) is 0 Å². The Morgan fingerprint density at radius 2 is 2.19 bits per heavy atom. The van der Waals surface area contributed by atoms with Crippen molar-refractivity contribution in [3.05, 3.63) is 57.4 Å². The van der Waals surface area contributed by atoms with Crippen molar-refractivity contribution in [1.82, 2.24) is 10.3 Å². The van der Waals surface area contributed by atoms with Crippen LogP contribution in [0.15, 0.2) is 33.7 Å². The first-order chi connectivity index (χ1) is 10.1. The van der Waals surface area contributed by atoms with Crippen LogP contribution >= 0.6 is 0 Å². The van der Waals surface area contributed by atoms with Gasteiger partial charge in [0, 0.05) is 17.7 Å². The van der Waals surface area contributed by atoms with Crippen LogP contribution < -0.4 is 10.9 Å². The van der Waals surface area contributed by atoms with E-state index in [-0.39, 0.29) is 17.9 Å². The van der Waals surface area contributed by atoms with Gasteiger partial charge in [-0.25, -0.2) is 0 Å². The summed E-state index contributed by atoms with van der Waals surface area (Å²) in [6, 6.07) is 4.83. The van der Waals surface area contributed by atoms with Crippen molar-refractivity contribution in [2.75, 3.05) is 0 Å². The van der Waals surface area contributed by atoms with Gasteiger partial charge in [-0.1, -0.05) is 0 Å². The molecule has 2 aromatic rings. The van der Waals surface area contributed by atoms with Gasteiger partial charge in [-0.05, 0) is 31.0 Å². The minimum atomic E-state index is -0.520. The van der Waals surface area contributed by atoms with Crippen LogP contribution in [-0.2, 0) is 13.0 Å². The maximum absolute atomic E-state index is 12.1. The second-order valence-electron chi connectivity index (χ2n) is 4.94. The summed E-state index contributed by atoms with van der Waals surface area (Å²) in [6.45, 7) is 0.191. The number of pyridine rings is 1. The highest BCUT2D eigenvalue weighted by molar-refractivity contribution is 6.01. The maximum Gasteiger partial charge on any atom is 0.261 e. The molecule has 108 valence electrons. The summed E-state index contributed by atoms with van der Waals surface area (Å²) in [5.74, 6) is 0.0372. The SMILES string of the molecule is O=C1CCCc2[nH]c(=O)c(C(=O)NCc3ccco3)cc21. The lowest BCUT2D eigenvalue weighted by Crippen LogP contribution is -2.31. The van der Waals surface area contributed by atoms with Gasteiger partial charge < -0.3 is 14.7 Å². The number of H-pyrrole nitrogens is 1. The number of rotatable bonds is 3. The van der Waals surface area contributed by atoms with Gasteiger partial charge in [-0.3, -0.25) is 14.4 Å². The molecule has 0 atom stereocenters. The summed E-state index contributed by atoms with van der Waals surface area (Å²) in [7, 11) is 0. The topological polar surface area (TPSA) is 92.2 Å². The highest BCUT2D eigenvalue weighted by atomic mass is 16.3. The molecule has 0 spiro atoms. The van der Waals surface area contributed by atoms with E-state index in [4.69, 9.17) is 4.42 Å². The number of amides is 1. The Morgan fingerprint density at radius 3 is 2.95 bits per heavy atom. The quantitative estimate of drug-likeness (QED) is 0.892. The fraction of sp³-hybridized carbons (Fsp3) is 0.267. The number of carbonyl (C=O) groups is 2. The lowest BCUT2D eigenvalue weighted by Gasteiger charge is -2.14. The van der Waals surface area contributed by atoms with Crippen LogP contribution in [0.2, 0.25) is 0 Å². The molecular formula is C15H14N2O4. The molecule has 1 aliphatic carbocycles. The number of aryl methyl sites for hydroxylation is 1. The molecule has 2 N–H and O–H groups in total. The molecule has 1 amide bonds. The van der Waals surface area contributed by atoms with Crippen molar-refractivity contribution in [3.63, 3.8) is 0 Å². The number of Topliss-reactive ketones (excluding diaryl/α,β-unsaturated/α-hetero) is 1. The zero-order valence-corrected chi connectivity index (χ0v) is 11.3. The van der Waals surface area contributed by atoms with Crippen LogP contribution in [0.3, 0.4) is 0 Å². The summed E-state index contributed by atoms with van der Waals surface area (Å²) >= 11 is 0. The molecule has 21 heavy (non-hydrogen) atoms.